The Labute approximate surface area is 190 Å². The van der Waals surface area contributed by atoms with Crippen molar-refractivity contribution in [2.24, 2.45) is 0 Å². The number of halogens is 3. The molecule has 0 saturated carbocycles. The Morgan fingerprint density at radius 1 is 0.879 bits per heavy atom. The summed E-state index contributed by atoms with van der Waals surface area (Å²) in [5, 5.41) is 5.56. The molecule has 0 aliphatic rings. The van der Waals surface area contributed by atoms with Gasteiger partial charge in [-0.05, 0) is 53.9 Å². The third kappa shape index (κ3) is 7.75. The number of urea groups is 1. The highest BCUT2D eigenvalue weighted by Gasteiger charge is 2.31. The van der Waals surface area contributed by atoms with E-state index in [0.29, 0.717) is 12.3 Å². The van der Waals surface area contributed by atoms with Crippen molar-refractivity contribution in [1.29, 1.82) is 0 Å². The fourth-order valence-corrected chi connectivity index (χ4v) is 3.13. The third-order valence-electron chi connectivity index (χ3n) is 4.73. The lowest BCUT2D eigenvalue weighted by Gasteiger charge is -2.21. The normalized spacial score (nSPS) is 12.0. The van der Waals surface area contributed by atoms with Crippen LogP contribution in [0.15, 0.2) is 78.9 Å². The van der Waals surface area contributed by atoms with Crippen LogP contribution in [-0.4, -0.2) is 19.0 Å². The van der Waals surface area contributed by atoms with Gasteiger partial charge in [0.05, 0.1) is 12.6 Å². The minimum Gasteiger partial charge on any atom is -0.494 e. The number of benzene rings is 3. The van der Waals surface area contributed by atoms with Gasteiger partial charge < -0.3 is 20.1 Å². The number of rotatable bonds is 9. The minimum atomic E-state index is -4.77. The van der Waals surface area contributed by atoms with Gasteiger partial charge in [0.15, 0.2) is 0 Å². The van der Waals surface area contributed by atoms with Crippen LogP contribution in [0.4, 0.5) is 23.7 Å². The van der Waals surface area contributed by atoms with Gasteiger partial charge in [-0.15, -0.1) is 13.2 Å². The molecular formula is C25H25F3N2O3. The van der Waals surface area contributed by atoms with Crippen molar-refractivity contribution in [1.82, 2.24) is 5.32 Å². The number of nitrogens with one attached hydrogen (secondary N) is 2. The highest BCUT2D eigenvalue weighted by atomic mass is 19.4. The number of unbranched alkanes of at least 4 members (excludes halogenated alkanes) is 1. The van der Waals surface area contributed by atoms with Crippen LogP contribution in [0.1, 0.15) is 36.9 Å². The Balaban J connectivity index is 1.70. The summed E-state index contributed by atoms with van der Waals surface area (Å²) in [5.41, 5.74) is 2.06. The molecule has 8 heteroatoms. The number of amides is 2. The van der Waals surface area contributed by atoms with Crippen LogP contribution < -0.4 is 20.1 Å². The summed E-state index contributed by atoms with van der Waals surface area (Å²) in [7, 11) is 0. The molecule has 0 aliphatic heterocycles. The molecule has 2 amide bonds. The summed E-state index contributed by atoms with van der Waals surface area (Å²) in [6.45, 7) is 2.74. The Morgan fingerprint density at radius 2 is 1.48 bits per heavy atom. The fraction of sp³-hybridized carbons (Fsp3) is 0.240. The van der Waals surface area contributed by atoms with Crippen LogP contribution in [0.5, 0.6) is 11.5 Å². The highest BCUT2D eigenvalue weighted by Crippen LogP contribution is 2.26. The van der Waals surface area contributed by atoms with Crippen molar-refractivity contribution in [2.75, 3.05) is 11.9 Å². The van der Waals surface area contributed by atoms with Gasteiger partial charge in [0.1, 0.15) is 11.5 Å². The minimum absolute atomic E-state index is 0.327. The third-order valence-corrected chi connectivity index (χ3v) is 4.73. The van der Waals surface area contributed by atoms with Crippen LogP contribution in [0.2, 0.25) is 0 Å². The Hall–Kier alpha value is -3.68. The van der Waals surface area contributed by atoms with E-state index in [2.05, 4.69) is 22.3 Å². The fourth-order valence-electron chi connectivity index (χ4n) is 3.13. The molecule has 0 aliphatic carbocycles. The van der Waals surface area contributed by atoms with Crippen LogP contribution in [-0.2, 0) is 0 Å². The molecule has 1 unspecified atom stereocenters. The molecule has 0 heterocycles. The maximum Gasteiger partial charge on any atom is 0.573 e. The zero-order valence-electron chi connectivity index (χ0n) is 18.1. The average molecular weight is 458 g/mol. The lowest BCUT2D eigenvalue weighted by Crippen LogP contribution is -2.33. The highest BCUT2D eigenvalue weighted by molar-refractivity contribution is 5.89. The zero-order valence-corrected chi connectivity index (χ0v) is 18.1. The molecule has 0 aromatic heterocycles. The summed E-state index contributed by atoms with van der Waals surface area (Å²) < 4.78 is 46.5. The summed E-state index contributed by atoms with van der Waals surface area (Å²) >= 11 is 0. The van der Waals surface area contributed by atoms with Crippen LogP contribution in [0.25, 0.3) is 0 Å². The monoisotopic (exact) mass is 458 g/mol. The molecule has 0 bridgehead atoms. The maximum atomic E-state index is 12.7. The standard InChI is InChI=1S/C25H25F3N2O3/c1-2-3-17-32-21-13-9-19(10-14-21)23(18-7-5-4-6-8-18)30-24(31)29-20-11-15-22(16-12-20)33-25(26,27)28/h4-16,23H,2-3,17H2,1H3,(H2,29,30,31). The van der Waals surface area contributed by atoms with Crippen molar-refractivity contribution < 1.29 is 27.4 Å². The van der Waals surface area contributed by atoms with Gasteiger partial charge in [0, 0.05) is 5.69 Å². The Kier molecular flexibility index (Phi) is 8.18. The average Bonchev–Trinajstić information content (AvgIpc) is 2.79. The second-order valence-corrected chi connectivity index (χ2v) is 7.29. The molecular weight excluding hydrogens is 433 g/mol. The smallest absolute Gasteiger partial charge is 0.494 e. The molecule has 33 heavy (non-hydrogen) atoms. The topological polar surface area (TPSA) is 59.6 Å². The van der Waals surface area contributed by atoms with Crippen molar-refractivity contribution in [2.45, 2.75) is 32.2 Å². The molecule has 2 N–H and O–H groups in total. The van der Waals surface area contributed by atoms with E-state index in [4.69, 9.17) is 4.74 Å². The second-order valence-electron chi connectivity index (χ2n) is 7.29. The van der Waals surface area contributed by atoms with Gasteiger partial charge in [-0.2, -0.15) is 0 Å². The number of anilines is 1. The van der Waals surface area contributed by atoms with E-state index in [1.165, 1.54) is 12.1 Å². The van der Waals surface area contributed by atoms with E-state index < -0.39 is 18.4 Å². The van der Waals surface area contributed by atoms with Crippen molar-refractivity contribution in [3.8, 4) is 11.5 Å². The largest absolute Gasteiger partial charge is 0.573 e. The molecule has 3 rings (SSSR count). The predicted molar refractivity (Wildman–Crippen MR) is 120 cm³/mol. The summed E-state index contributed by atoms with van der Waals surface area (Å²) in [5.74, 6) is 0.390. The molecule has 1 atom stereocenters. The summed E-state index contributed by atoms with van der Waals surface area (Å²) in [4.78, 5) is 12.7. The van der Waals surface area contributed by atoms with E-state index in [9.17, 15) is 18.0 Å². The molecule has 0 radical (unpaired) electrons. The number of alkyl halides is 3. The van der Waals surface area contributed by atoms with Gasteiger partial charge in [-0.25, -0.2) is 4.79 Å². The SMILES string of the molecule is CCCCOc1ccc(C(NC(=O)Nc2ccc(OC(F)(F)F)cc2)c2ccccc2)cc1. The van der Waals surface area contributed by atoms with Gasteiger partial charge in [0.2, 0.25) is 0 Å². The van der Waals surface area contributed by atoms with E-state index in [-0.39, 0.29) is 5.75 Å². The number of carbonyl (C=O) groups excluding carboxylic acids is 1. The molecule has 174 valence electrons. The van der Waals surface area contributed by atoms with Crippen molar-refractivity contribution in [3.05, 3.63) is 90.0 Å². The molecule has 5 nitrogen and oxygen atoms in total. The van der Waals surface area contributed by atoms with E-state index in [1.54, 1.807) is 0 Å². The van der Waals surface area contributed by atoms with Crippen LogP contribution in [0.3, 0.4) is 0 Å². The molecule has 0 fully saturated rings. The van der Waals surface area contributed by atoms with Gasteiger partial charge >= 0.3 is 12.4 Å². The van der Waals surface area contributed by atoms with E-state index in [0.717, 1.165) is 41.9 Å². The number of ether oxygens (including phenoxy) is 2. The van der Waals surface area contributed by atoms with Crippen molar-refractivity contribution in [3.63, 3.8) is 0 Å². The molecule has 0 spiro atoms. The first kappa shape index (κ1) is 24.0. The second kappa shape index (κ2) is 11.3. The lowest BCUT2D eigenvalue weighted by atomic mass is 9.99. The number of hydrogen-bond donors (Lipinski definition) is 2. The quantitative estimate of drug-likeness (QED) is 0.352. The first-order valence-corrected chi connectivity index (χ1v) is 10.5. The first-order valence-electron chi connectivity index (χ1n) is 10.5. The van der Waals surface area contributed by atoms with Crippen LogP contribution in [0, 0.1) is 0 Å². The Morgan fingerprint density at radius 3 is 2.09 bits per heavy atom. The van der Waals surface area contributed by atoms with E-state index >= 15 is 0 Å². The lowest BCUT2D eigenvalue weighted by molar-refractivity contribution is -0.274. The Bertz CT molecular complexity index is 1010. The zero-order chi connectivity index (χ0) is 23.7. The molecule has 3 aromatic rings. The van der Waals surface area contributed by atoms with Gasteiger partial charge in [-0.3, -0.25) is 0 Å². The van der Waals surface area contributed by atoms with Crippen molar-refractivity contribution >= 4 is 11.7 Å². The summed E-state index contributed by atoms with van der Waals surface area (Å²) in [6.07, 6.45) is -2.75. The van der Waals surface area contributed by atoms with Gasteiger partial charge in [-0.1, -0.05) is 55.8 Å². The van der Waals surface area contributed by atoms with Gasteiger partial charge in [0.25, 0.3) is 0 Å². The summed E-state index contributed by atoms with van der Waals surface area (Å²) in [6, 6.07) is 20.9. The maximum absolute atomic E-state index is 12.7. The first-order chi connectivity index (χ1) is 15.8. The van der Waals surface area contributed by atoms with Crippen LogP contribution >= 0.6 is 0 Å². The molecule has 3 aromatic carbocycles. The van der Waals surface area contributed by atoms with E-state index in [1.807, 2.05) is 54.6 Å². The predicted octanol–water partition coefficient (Wildman–Crippen LogP) is 6.68. The molecule has 0 saturated heterocycles. The number of carbonyl (C=O) groups is 1. The number of hydrogen-bond acceptors (Lipinski definition) is 3.